The van der Waals surface area contributed by atoms with E-state index in [1.165, 1.54) is 22.7 Å². The Hall–Kier alpha value is -2.14. The van der Waals surface area contributed by atoms with Gasteiger partial charge in [0, 0.05) is 28.8 Å². The molecule has 0 aromatic carbocycles. The first-order chi connectivity index (χ1) is 15.3. The number of nitrogens with zero attached hydrogens (tertiary/aromatic N) is 3. The molecule has 2 aromatic rings. The first-order valence-electron chi connectivity index (χ1n) is 10.7. The van der Waals surface area contributed by atoms with Crippen molar-refractivity contribution in [3.05, 3.63) is 22.1 Å². The van der Waals surface area contributed by atoms with Crippen molar-refractivity contribution in [2.75, 3.05) is 0 Å². The van der Waals surface area contributed by atoms with Gasteiger partial charge in [-0.2, -0.15) is 18.3 Å². The summed E-state index contributed by atoms with van der Waals surface area (Å²) in [6.45, 7) is 0. The minimum atomic E-state index is -4.58. The highest BCUT2D eigenvalue weighted by atomic mass is 32.1. The van der Waals surface area contributed by atoms with Gasteiger partial charge in [-0.05, 0) is 50.9 Å². The quantitative estimate of drug-likeness (QED) is 0.191. The van der Waals surface area contributed by atoms with Gasteiger partial charge in [0.05, 0.1) is 0 Å². The third-order valence-electron chi connectivity index (χ3n) is 5.37. The molecule has 6 nitrogen and oxygen atoms in total. The number of rotatable bonds is 11. The molecule has 0 aliphatic heterocycles. The predicted molar refractivity (Wildman–Crippen MR) is 117 cm³/mol. The van der Waals surface area contributed by atoms with E-state index >= 15 is 0 Å². The predicted octanol–water partition coefficient (Wildman–Crippen LogP) is 5.72. The molecule has 2 aromatic heterocycles. The first kappa shape index (κ1) is 23.0. The zero-order chi connectivity index (χ0) is 22.7. The van der Waals surface area contributed by atoms with E-state index < -0.39 is 17.8 Å². The van der Waals surface area contributed by atoms with Gasteiger partial charge >= 0.3 is 6.18 Å². The maximum atomic E-state index is 13.1. The van der Waals surface area contributed by atoms with E-state index in [-0.39, 0.29) is 31.0 Å². The number of aromatic nitrogens is 2. The van der Waals surface area contributed by atoms with Crippen molar-refractivity contribution in [2.24, 2.45) is 11.0 Å². The van der Waals surface area contributed by atoms with Gasteiger partial charge in [-0.3, -0.25) is 9.59 Å². The lowest BCUT2D eigenvalue weighted by atomic mass is 10.1. The van der Waals surface area contributed by atoms with Gasteiger partial charge in [0.25, 0.3) is 0 Å². The van der Waals surface area contributed by atoms with Crippen LogP contribution >= 0.6 is 22.7 Å². The van der Waals surface area contributed by atoms with Crippen molar-refractivity contribution < 1.29 is 22.8 Å². The lowest BCUT2D eigenvalue weighted by Crippen LogP contribution is -2.28. The summed E-state index contributed by atoms with van der Waals surface area (Å²) in [6.07, 6.45) is 1.75. The van der Waals surface area contributed by atoms with E-state index in [0.29, 0.717) is 37.3 Å². The van der Waals surface area contributed by atoms with Gasteiger partial charge in [-0.25, -0.2) is 15.4 Å². The number of thiazole rings is 2. The zero-order valence-corrected chi connectivity index (χ0v) is 18.9. The summed E-state index contributed by atoms with van der Waals surface area (Å²) < 4.78 is 39.4. The number of hydrazone groups is 1. The summed E-state index contributed by atoms with van der Waals surface area (Å²) in [5, 5.41) is 6.73. The number of amides is 1. The van der Waals surface area contributed by atoms with E-state index in [0.717, 1.165) is 27.7 Å². The summed E-state index contributed by atoms with van der Waals surface area (Å²) in [7, 11) is 0. The maximum absolute atomic E-state index is 13.1. The zero-order valence-electron chi connectivity index (χ0n) is 17.3. The van der Waals surface area contributed by atoms with Gasteiger partial charge in [0.2, 0.25) is 5.91 Å². The molecule has 0 bridgehead atoms. The molecule has 4 rings (SSSR count). The number of halogens is 3. The van der Waals surface area contributed by atoms with E-state index in [4.69, 9.17) is 0 Å². The van der Waals surface area contributed by atoms with Crippen molar-refractivity contribution in [3.8, 4) is 10.0 Å². The van der Waals surface area contributed by atoms with Gasteiger partial charge < -0.3 is 0 Å². The highest BCUT2D eigenvalue weighted by molar-refractivity contribution is 7.20. The third kappa shape index (κ3) is 6.00. The highest BCUT2D eigenvalue weighted by Gasteiger charge is 2.36. The topological polar surface area (TPSA) is 84.3 Å². The monoisotopic (exact) mass is 484 g/mol. The maximum Gasteiger partial charge on any atom is 0.431 e. The molecule has 11 heteroatoms. The first-order valence-corrected chi connectivity index (χ1v) is 12.4. The molecule has 1 amide bonds. The third-order valence-corrected chi connectivity index (χ3v) is 7.51. The normalized spacial score (nSPS) is 16.9. The summed E-state index contributed by atoms with van der Waals surface area (Å²) in [5.74, 6) is -0.338. The number of unbranched alkanes of at least 4 members (excludes halogenated alkanes) is 2. The van der Waals surface area contributed by atoms with Crippen LogP contribution in [0.3, 0.4) is 0 Å². The van der Waals surface area contributed by atoms with E-state index in [9.17, 15) is 22.8 Å². The average Bonchev–Trinajstić information content (AvgIpc) is 3.67. The van der Waals surface area contributed by atoms with Crippen molar-refractivity contribution >= 4 is 40.1 Å². The van der Waals surface area contributed by atoms with Crippen LogP contribution in [0.1, 0.15) is 79.1 Å². The van der Waals surface area contributed by atoms with Crippen LogP contribution in [0.5, 0.6) is 0 Å². The Labute approximate surface area is 191 Å². The van der Waals surface area contributed by atoms with Crippen LogP contribution in [-0.4, -0.2) is 33.5 Å². The SMILES string of the molecule is O=C(CCCCC/C(=N/NC(=O)C1CC1)C(F)(F)F)c1nc(-c2nccs2)sc1C1CC1. The number of alkyl halides is 3. The van der Waals surface area contributed by atoms with Gasteiger partial charge in [-0.1, -0.05) is 6.42 Å². The van der Waals surface area contributed by atoms with E-state index in [1.54, 1.807) is 6.20 Å². The van der Waals surface area contributed by atoms with Crippen LogP contribution in [-0.2, 0) is 4.79 Å². The summed E-state index contributed by atoms with van der Waals surface area (Å²) in [6, 6.07) is 0. The molecule has 2 aliphatic carbocycles. The fraction of sp³-hybridized carbons (Fsp3) is 0.571. The molecule has 0 radical (unpaired) electrons. The lowest BCUT2D eigenvalue weighted by Gasteiger charge is -2.10. The molecule has 2 aliphatic rings. The Bertz CT molecular complexity index is 993. The molecular formula is C21H23F3N4O2S2. The van der Waals surface area contributed by atoms with Crippen molar-refractivity contribution in [1.29, 1.82) is 0 Å². The molecule has 2 saturated carbocycles. The number of hydrogen-bond donors (Lipinski definition) is 1. The fourth-order valence-corrected chi connectivity index (χ4v) is 5.20. The second kappa shape index (κ2) is 9.78. The van der Waals surface area contributed by atoms with Crippen LogP contribution < -0.4 is 5.43 Å². The van der Waals surface area contributed by atoms with Gasteiger partial charge in [0.15, 0.2) is 15.8 Å². The Kier molecular flexibility index (Phi) is 7.04. The van der Waals surface area contributed by atoms with Crippen LogP contribution in [0.4, 0.5) is 13.2 Å². The van der Waals surface area contributed by atoms with E-state index in [2.05, 4.69) is 15.1 Å². The van der Waals surface area contributed by atoms with Crippen molar-refractivity contribution in [1.82, 2.24) is 15.4 Å². The van der Waals surface area contributed by atoms with Crippen LogP contribution in [0.15, 0.2) is 16.7 Å². The molecule has 0 saturated heterocycles. The smallest absolute Gasteiger partial charge is 0.292 e. The largest absolute Gasteiger partial charge is 0.431 e. The molecule has 1 N–H and O–H groups in total. The average molecular weight is 485 g/mol. The molecule has 0 unspecified atom stereocenters. The number of nitrogens with one attached hydrogen (secondary N) is 1. The molecule has 32 heavy (non-hydrogen) atoms. The van der Waals surface area contributed by atoms with Crippen molar-refractivity contribution in [3.63, 3.8) is 0 Å². The standard InChI is InChI=1S/C21H23F3N4O2S2/c22-21(23,24)15(27-28-18(30)13-8-9-13)5-3-1-2-4-14(29)16-17(12-6-7-12)32-20(26-16)19-25-10-11-31-19/h10-13H,1-9H2,(H,28,30)/b27-15-. The Balaban J connectivity index is 1.27. The summed E-state index contributed by atoms with van der Waals surface area (Å²) in [4.78, 5) is 34.1. The highest BCUT2D eigenvalue weighted by Crippen LogP contribution is 2.46. The number of carbonyl (C=O) groups is 2. The van der Waals surface area contributed by atoms with Crippen LogP contribution in [0.25, 0.3) is 10.0 Å². The molecule has 0 spiro atoms. The molecular weight excluding hydrogens is 461 g/mol. The van der Waals surface area contributed by atoms with Crippen molar-refractivity contribution in [2.45, 2.75) is 69.9 Å². The molecule has 2 heterocycles. The Morgan fingerprint density at radius 3 is 2.47 bits per heavy atom. The second-order valence-corrected chi connectivity index (χ2v) is 10.1. The number of hydrogen-bond acceptors (Lipinski definition) is 7. The van der Waals surface area contributed by atoms with Crippen LogP contribution in [0, 0.1) is 5.92 Å². The second-order valence-electron chi connectivity index (χ2n) is 8.13. The number of Topliss-reactive ketones (excluding diaryl/α,β-unsaturated/α-hetero) is 1. The Morgan fingerprint density at radius 2 is 1.84 bits per heavy atom. The molecule has 0 atom stereocenters. The molecule has 172 valence electrons. The minimum absolute atomic E-state index is 0.0626. The fourth-order valence-electron chi connectivity index (χ4n) is 3.27. The van der Waals surface area contributed by atoms with Gasteiger partial charge in [0.1, 0.15) is 11.4 Å². The minimum Gasteiger partial charge on any atom is -0.292 e. The summed E-state index contributed by atoms with van der Waals surface area (Å²) in [5.41, 5.74) is 1.55. The number of carbonyl (C=O) groups excluding carboxylic acids is 2. The van der Waals surface area contributed by atoms with Gasteiger partial charge in [-0.15, -0.1) is 22.7 Å². The Morgan fingerprint density at radius 1 is 1.09 bits per heavy atom. The number of ketones is 1. The van der Waals surface area contributed by atoms with E-state index in [1.807, 2.05) is 10.8 Å². The lowest BCUT2D eigenvalue weighted by molar-refractivity contribution is -0.122. The summed E-state index contributed by atoms with van der Waals surface area (Å²) >= 11 is 3.00. The van der Waals surface area contributed by atoms with Crippen LogP contribution in [0.2, 0.25) is 0 Å². The molecule has 2 fully saturated rings.